The molecule has 57 heavy (non-hydrogen) atoms. The molecule has 298 valence electrons. The Hall–Kier alpha value is -5.82. The highest BCUT2D eigenvalue weighted by molar-refractivity contribution is 7.91. The number of nitrogens with one attached hydrogen (secondary N) is 2. The van der Waals surface area contributed by atoms with Crippen LogP contribution in [0.5, 0.6) is 0 Å². The Morgan fingerprint density at radius 3 is 2.00 bits per heavy atom. The van der Waals surface area contributed by atoms with E-state index in [9.17, 15) is 66.5 Å². The predicted octanol–water partition coefficient (Wildman–Crippen LogP) is 3.22. The molecule has 0 spiro atoms. The lowest BCUT2D eigenvalue weighted by molar-refractivity contribution is -0.137. The molecule has 0 fully saturated rings. The second kappa shape index (κ2) is 14.6. The normalized spacial score (nSPS) is 12.9. The van der Waals surface area contributed by atoms with Gasteiger partial charge in [-0.3, -0.25) is 28.0 Å². The van der Waals surface area contributed by atoms with Crippen molar-refractivity contribution >= 4 is 80.2 Å². The number of hydrogen-bond acceptors (Lipinski definition) is 14. The summed E-state index contributed by atoms with van der Waals surface area (Å²) in [6.45, 7) is -0.668. The number of benzene rings is 4. The van der Waals surface area contributed by atoms with Gasteiger partial charge in [0.25, 0.3) is 35.9 Å². The molecule has 4 aromatic carbocycles. The van der Waals surface area contributed by atoms with Crippen molar-refractivity contribution in [2.24, 2.45) is 0 Å². The topological polar surface area (TPSA) is 323 Å². The highest BCUT2D eigenvalue weighted by Gasteiger charge is 2.36. The van der Waals surface area contributed by atoms with Gasteiger partial charge in [0, 0.05) is 22.9 Å². The number of fused-ring (bicyclic) bond motifs is 2. The first-order valence-electron chi connectivity index (χ1n) is 15.9. The van der Waals surface area contributed by atoms with E-state index in [1.165, 1.54) is 36.4 Å². The molecule has 5 aromatic rings. The molecule has 6 N–H and O–H groups in total. The van der Waals surface area contributed by atoms with Crippen LogP contribution in [0.4, 0.5) is 11.4 Å². The summed E-state index contributed by atoms with van der Waals surface area (Å²) in [6.07, 6.45) is -0.874. The number of carbonyl (C=O) groups is 3. The summed E-state index contributed by atoms with van der Waals surface area (Å²) in [5.41, 5.74) is -5.30. The molecule has 1 aliphatic carbocycles. The van der Waals surface area contributed by atoms with Gasteiger partial charge in [0.1, 0.15) is 22.0 Å². The molecule has 0 atom stereocenters. The fourth-order valence-electron chi connectivity index (χ4n) is 6.20. The van der Waals surface area contributed by atoms with Crippen LogP contribution in [-0.4, -0.2) is 80.9 Å². The van der Waals surface area contributed by atoms with Crippen molar-refractivity contribution in [3.05, 3.63) is 105 Å². The highest BCUT2D eigenvalue weighted by Crippen LogP contribution is 2.46. The summed E-state index contributed by atoms with van der Waals surface area (Å²) in [5, 5.41) is 10.9. The van der Waals surface area contributed by atoms with Gasteiger partial charge in [0.05, 0.1) is 38.0 Å². The number of esters is 1. The lowest BCUT2D eigenvalue weighted by Crippen LogP contribution is -2.26. The van der Waals surface area contributed by atoms with Crippen molar-refractivity contribution in [2.45, 2.75) is 39.0 Å². The van der Waals surface area contributed by atoms with Gasteiger partial charge in [-0.1, -0.05) is 36.4 Å². The number of aromatic nitrogens is 1. The van der Waals surface area contributed by atoms with Gasteiger partial charge in [-0.05, 0) is 53.9 Å². The number of aromatic amines is 1. The average Bonchev–Trinajstić information content (AvgIpc) is 3.11. The Balaban J connectivity index is 1.61. The molecule has 0 amide bonds. The lowest BCUT2D eigenvalue weighted by Gasteiger charge is -2.25. The van der Waals surface area contributed by atoms with E-state index in [-0.39, 0.29) is 23.1 Å². The zero-order valence-corrected chi connectivity index (χ0v) is 31.8. The summed E-state index contributed by atoms with van der Waals surface area (Å²) in [5.74, 6) is -4.29. The van der Waals surface area contributed by atoms with Gasteiger partial charge in [-0.15, -0.1) is 0 Å². The fourth-order valence-corrected chi connectivity index (χ4v) is 9.39. The number of H-pyrrole nitrogens is 1. The summed E-state index contributed by atoms with van der Waals surface area (Å²) in [6, 6.07) is 12.8. The first-order valence-corrected chi connectivity index (χ1v) is 21.9. The van der Waals surface area contributed by atoms with Crippen LogP contribution in [0, 0.1) is 0 Å². The van der Waals surface area contributed by atoms with Crippen LogP contribution in [0.1, 0.15) is 44.7 Å². The van der Waals surface area contributed by atoms with Crippen molar-refractivity contribution in [1.29, 1.82) is 0 Å². The van der Waals surface area contributed by atoms with Crippen LogP contribution >= 0.6 is 0 Å². The van der Waals surface area contributed by atoms with Gasteiger partial charge < -0.3 is 20.1 Å². The first kappa shape index (κ1) is 40.8. The minimum absolute atomic E-state index is 0.0431. The molecule has 19 nitrogen and oxygen atoms in total. The molecule has 1 aromatic heterocycles. The van der Waals surface area contributed by atoms with Gasteiger partial charge in [0.2, 0.25) is 0 Å². The first-order chi connectivity index (χ1) is 26.5. The van der Waals surface area contributed by atoms with Crippen LogP contribution in [0.3, 0.4) is 0 Å². The number of carboxylic acid groups (broad SMARTS) is 1. The second-order valence-electron chi connectivity index (χ2n) is 12.4. The van der Waals surface area contributed by atoms with E-state index in [0.29, 0.717) is 12.1 Å². The van der Waals surface area contributed by atoms with E-state index < -0.39 is 141 Å². The van der Waals surface area contributed by atoms with E-state index in [1.54, 1.807) is 0 Å². The third-order valence-corrected chi connectivity index (χ3v) is 13.1. The number of sulfone groups is 1. The maximum atomic E-state index is 14.3. The second-order valence-corrected chi connectivity index (χ2v) is 18.7. The number of aliphatic carboxylic acids is 1. The van der Waals surface area contributed by atoms with Gasteiger partial charge in [-0.2, -0.15) is 25.3 Å². The molecule has 0 saturated heterocycles. The van der Waals surface area contributed by atoms with Crippen LogP contribution in [-0.2, 0) is 56.3 Å². The third kappa shape index (κ3) is 8.06. The van der Waals surface area contributed by atoms with Crippen molar-refractivity contribution < 1.29 is 71.6 Å². The molecule has 0 bridgehead atoms. The average molecular weight is 863 g/mol. The van der Waals surface area contributed by atoms with Crippen LogP contribution in [0.25, 0.3) is 22.0 Å². The van der Waals surface area contributed by atoms with Gasteiger partial charge in [-0.25, -0.2) is 13.2 Å². The maximum absolute atomic E-state index is 14.3. The van der Waals surface area contributed by atoms with E-state index in [1.807, 2.05) is 0 Å². The molecule has 6 rings (SSSR count). The molecule has 0 unspecified atom stereocenters. The number of anilines is 2. The van der Waals surface area contributed by atoms with Gasteiger partial charge in [0.15, 0.2) is 15.6 Å². The summed E-state index contributed by atoms with van der Waals surface area (Å²) >= 11 is 0. The van der Waals surface area contributed by atoms with Gasteiger partial charge >= 0.3 is 11.9 Å². The Bertz CT molecular complexity index is 3100. The third-order valence-electron chi connectivity index (χ3n) is 8.63. The van der Waals surface area contributed by atoms with Crippen molar-refractivity contribution in [3.63, 3.8) is 0 Å². The molecule has 1 heterocycles. The Morgan fingerprint density at radius 2 is 1.37 bits per heavy atom. The molecule has 0 radical (unpaired) electrons. The van der Waals surface area contributed by atoms with Crippen molar-refractivity contribution in [3.8, 4) is 11.1 Å². The maximum Gasteiger partial charge on any atom is 0.344 e. The summed E-state index contributed by atoms with van der Waals surface area (Å²) in [4.78, 5) is 51.7. The monoisotopic (exact) mass is 862 g/mol. The number of pyridine rings is 1. The van der Waals surface area contributed by atoms with Crippen LogP contribution in [0.2, 0.25) is 0 Å². The number of rotatable bonds is 13. The zero-order valence-electron chi connectivity index (χ0n) is 28.5. The van der Waals surface area contributed by atoms with E-state index in [2.05, 4.69) is 10.3 Å². The predicted molar refractivity (Wildman–Crippen MR) is 197 cm³/mol. The van der Waals surface area contributed by atoms with E-state index >= 15 is 0 Å². The molecular formula is C34H26N2O17S4. The molecular weight excluding hydrogens is 837 g/mol. The molecule has 1 aliphatic rings. The minimum Gasteiger partial charge on any atom is -0.481 e. The minimum atomic E-state index is -5.37. The number of ketones is 1. The van der Waals surface area contributed by atoms with E-state index in [4.69, 9.17) is 9.84 Å². The van der Waals surface area contributed by atoms with Crippen molar-refractivity contribution in [2.75, 3.05) is 11.1 Å². The smallest absolute Gasteiger partial charge is 0.344 e. The molecule has 0 aliphatic heterocycles. The van der Waals surface area contributed by atoms with Crippen LogP contribution < -0.4 is 10.9 Å². The summed E-state index contributed by atoms with van der Waals surface area (Å²) < 4.78 is 135. The zero-order chi connectivity index (χ0) is 41.8. The standard InChI is InChI=1S/C34H26N2O17S4/c37-26(38)9-4-12-54(42,43)18-10-11-24(56(47,48)49)22(14-18)35-23-15-25(57(50,51)52)31-29-27(20-7-1-2-8-21(20)32(39)28(23)29)30(33(40)36-31)34(41)53-16-17-5-3-6-19(13-17)55(44,45)46/h1-3,5-8,10-11,13-15,35H,4,9,12,16H2,(H,36,40)(H,37,38)(H,44,45,46)(H,47,48,49)(H,50,51,52). The SMILES string of the molecule is O=C(O)CCCS(=O)(=O)c1ccc(S(=O)(=O)O)c(Nc2cc(S(=O)(=O)O)c3[nH]c(=O)c(C(=O)OCc4cccc(S(=O)(=O)O)c4)c4c3c2C(=O)c2ccccc2-4)c1. The lowest BCUT2D eigenvalue weighted by atomic mass is 9.81. The fraction of sp³-hybridized carbons (Fsp3) is 0.118. The Kier molecular flexibility index (Phi) is 10.5. The molecule has 23 heteroatoms. The summed E-state index contributed by atoms with van der Waals surface area (Å²) in [7, 11) is -19.6. The number of carbonyl (C=O) groups excluding carboxylic acids is 2. The van der Waals surface area contributed by atoms with Crippen molar-refractivity contribution in [1.82, 2.24) is 4.98 Å². The molecule has 0 saturated carbocycles. The Morgan fingerprint density at radius 1 is 0.702 bits per heavy atom. The highest BCUT2D eigenvalue weighted by atomic mass is 32.2. The van der Waals surface area contributed by atoms with E-state index in [0.717, 1.165) is 24.3 Å². The number of ether oxygens (including phenoxy) is 1. The Labute approximate surface area is 322 Å². The van der Waals surface area contributed by atoms with Crippen LogP contribution in [0.15, 0.2) is 97.2 Å². The number of hydrogen-bond donors (Lipinski definition) is 6. The quantitative estimate of drug-likeness (QED) is 0.0717. The largest absolute Gasteiger partial charge is 0.481 e. The number of carboxylic acids is 1.